The van der Waals surface area contributed by atoms with Crippen LogP contribution in [0, 0.1) is 5.82 Å². The molecular weight excluding hydrogens is 266 g/mol. The van der Waals surface area contributed by atoms with E-state index in [4.69, 9.17) is 5.73 Å². The van der Waals surface area contributed by atoms with Crippen LogP contribution in [-0.4, -0.2) is 15.9 Å². The maximum atomic E-state index is 13.5. The van der Waals surface area contributed by atoms with Gasteiger partial charge in [0.05, 0.1) is 12.9 Å². The average Bonchev–Trinajstić information content (AvgIpc) is 2.67. The summed E-state index contributed by atoms with van der Waals surface area (Å²) in [7, 11) is 0. The van der Waals surface area contributed by atoms with E-state index in [1.54, 1.807) is 0 Å². The van der Waals surface area contributed by atoms with E-state index >= 15 is 0 Å². The van der Waals surface area contributed by atoms with Crippen LogP contribution in [0.15, 0.2) is 30.7 Å². The van der Waals surface area contributed by atoms with Crippen LogP contribution in [0.25, 0.3) is 0 Å². The maximum Gasteiger partial charge on any atom is 0.573 e. The number of nitrogens with two attached hydrogens (primary N) is 1. The maximum absolute atomic E-state index is 13.5. The minimum Gasteiger partial charge on any atom is -0.406 e. The molecule has 0 bridgehead atoms. The van der Waals surface area contributed by atoms with E-state index in [0.29, 0.717) is 0 Å². The minimum atomic E-state index is -4.81. The molecule has 0 amide bonds. The zero-order valence-electron chi connectivity index (χ0n) is 9.49. The molecule has 19 heavy (non-hydrogen) atoms. The van der Waals surface area contributed by atoms with E-state index in [1.165, 1.54) is 17.1 Å². The predicted molar refractivity (Wildman–Crippen MR) is 58.8 cm³/mol. The van der Waals surface area contributed by atoms with Crippen LogP contribution in [0.2, 0.25) is 0 Å². The highest BCUT2D eigenvalue weighted by molar-refractivity contribution is 5.31. The number of halogens is 4. The molecule has 2 N–H and O–H groups in total. The zero-order valence-corrected chi connectivity index (χ0v) is 9.49. The average molecular weight is 275 g/mol. The molecule has 0 radical (unpaired) electrons. The van der Waals surface area contributed by atoms with Crippen molar-refractivity contribution in [2.75, 3.05) is 5.73 Å². The molecule has 2 rings (SSSR count). The Bertz CT molecular complexity index is 580. The number of hydrogen-bond donors (Lipinski definition) is 1. The fourth-order valence-electron chi connectivity index (χ4n) is 1.53. The number of aromatic nitrogens is 2. The number of ether oxygens (including phenoxy) is 1. The van der Waals surface area contributed by atoms with Crippen LogP contribution in [0.3, 0.4) is 0 Å². The highest BCUT2D eigenvalue weighted by atomic mass is 19.4. The van der Waals surface area contributed by atoms with Gasteiger partial charge < -0.3 is 15.0 Å². The van der Waals surface area contributed by atoms with Crippen LogP contribution in [0.1, 0.15) is 5.56 Å². The zero-order chi connectivity index (χ0) is 14.0. The first-order valence-corrected chi connectivity index (χ1v) is 5.15. The van der Waals surface area contributed by atoms with Gasteiger partial charge >= 0.3 is 6.36 Å². The lowest BCUT2D eigenvalue weighted by molar-refractivity contribution is -0.274. The molecular formula is C11H9F4N3O. The predicted octanol–water partition coefficient (Wildman–Crippen LogP) is 2.55. The van der Waals surface area contributed by atoms with E-state index in [2.05, 4.69) is 9.72 Å². The van der Waals surface area contributed by atoms with Gasteiger partial charge in [-0.25, -0.2) is 9.37 Å². The monoisotopic (exact) mass is 275 g/mol. The second-order valence-electron chi connectivity index (χ2n) is 3.77. The summed E-state index contributed by atoms with van der Waals surface area (Å²) in [6.45, 7) is 0.00505. The summed E-state index contributed by atoms with van der Waals surface area (Å²) >= 11 is 0. The van der Waals surface area contributed by atoms with Gasteiger partial charge in [0.2, 0.25) is 0 Å². The molecule has 0 aliphatic rings. The van der Waals surface area contributed by atoms with Crippen molar-refractivity contribution < 1.29 is 22.3 Å². The lowest BCUT2D eigenvalue weighted by Gasteiger charge is -2.11. The highest BCUT2D eigenvalue weighted by Gasteiger charge is 2.31. The fraction of sp³-hybridized carbons (Fsp3) is 0.182. The molecule has 1 heterocycles. The van der Waals surface area contributed by atoms with Crippen molar-refractivity contribution in [3.8, 4) is 5.75 Å². The molecule has 0 spiro atoms. The summed E-state index contributed by atoms with van der Waals surface area (Å²) in [6.07, 6.45) is -2.02. The molecule has 0 atom stereocenters. The normalized spacial score (nSPS) is 11.6. The van der Waals surface area contributed by atoms with Crippen molar-refractivity contribution in [2.45, 2.75) is 12.9 Å². The van der Waals surface area contributed by atoms with Gasteiger partial charge in [-0.1, -0.05) is 0 Å². The Morgan fingerprint density at radius 1 is 1.32 bits per heavy atom. The van der Waals surface area contributed by atoms with E-state index in [9.17, 15) is 17.6 Å². The van der Waals surface area contributed by atoms with E-state index in [0.717, 1.165) is 18.2 Å². The molecule has 0 saturated carbocycles. The molecule has 0 aliphatic heterocycles. The van der Waals surface area contributed by atoms with Crippen LogP contribution in [0.4, 0.5) is 23.4 Å². The number of imidazole rings is 1. The molecule has 0 aliphatic carbocycles. The number of nitrogen functional groups attached to an aromatic ring is 1. The minimum absolute atomic E-state index is 0.00505. The number of alkyl halides is 3. The van der Waals surface area contributed by atoms with Crippen molar-refractivity contribution in [2.24, 2.45) is 0 Å². The van der Waals surface area contributed by atoms with Gasteiger partial charge in [-0.15, -0.1) is 13.2 Å². The van der Waals surface area contributed by atoms with E-state index in [-0.39, 0.29) is 17.9 Å². The van der Waals surface area contributed by atoms with Crippen LogP contribution in [-0.2, 0) is 6.54 Å². The number of rotatable bonds is 3. The van der Waals surface area contributed by atoms with Crippen molar-refractivity contribution in [1.29, 1.82) is 0 Å². The molecule has 0 saturated heterocycles. The SMILES string of the molecule is Nc1cn(Cc2cc(OC(F)(F)F)ccc2F)cn1. The van der Waals surface area contributed by atoms with Gasteiger partial charge in [0, 0.05) is 11.8 Å². The van der Waals surface area contributed by atoms with Crippen LogP contribution < -0.4 is 10.5 Å². The third kappa shape index (κ3) is 3.60. The first kappa shape index (κ1) is 13.2. The van der Waals surface area contributed by atoms with Crippen molar-refractivity contribution in [3.05, 3.63) is 42.1 Å². The third-order valence-corrected chi connectivity index (χ3v) is 2.26. The summed E-state index contributed by atoms with van der Waals surface area (Å²) in [4.78, 5) is 3.73. The largest absolute Gasteiger partial charge is 0.573 e. The van der Waals surface area contributed by atoms with Crippen molar-refractivity contribution in [3.63, 3.8) is 0 Å². The quantitative estimate of drug-likeness (QED) is 0.876. The second-order valence-corrected chi connectivity index (χ2v) is 3.77. The van der Waals surface area contributed by atoms with Crippen LogP contribution in [0.5, 0.6) is 5.75 Å². The third-order valence-electron chi connectivity index (χ3n) is 2.26. The Morgan fingerprint density at radius 3 is 2.63 bits per heavy atom. The molecule has 1 aromatic carbocycles. The first-order chi connectivity index (χ1) is 8.83. The lowest BCUT2D eigenvalue weighted by Crippen LogP contribution is -2.17. The summed E-state index contributed by atoms with van der Waals surface area (Å²) in [5.74, 6) is -0.873. The number of hydrogen-bond acceptors (Lipinski definition) is 3. The molecule has 0 fully saturated rings. The van der Waals surface area contributed by atoms with Gasteiger partial charge in [0.1, 0.15) is 17.4 Å². The number of nitrogens with zero attached hydrogens (tertiary/aromatic N) is 2. The van der Waals surface area contributed by atoms with Gasteiger partial charge in [0.25, 0.3) is 0 Å². The smallest absolute Gasteiger partial charge is 0.406 e. The molecule has 1 aromatic heterocycles. The van der Waals surface area contributed by atoms with Gasteiger partial charge in [0.15, 0.2) is 0 Å². The van der Waals surface area contributed by atoms with Crippen molar-refractivity contribution >= 4 is 5.82 Å². The van der Waals surface area contributed by atoms with E-state index < -0.39 is 17.9 Å². The van der Waals surface area contributed by atoms with E-state index in [1.807, 2.05) is 0 Å². The Labute approximate surface area is 105 Å². The standard InChI is InChI=1S/C11H9F4N3O/c12-9-2-1-8(19-11(13,14)15)3-7(9)4-18-5-10(16)17-6-18/h1-3,5-6H,4,16H2. The summed E-state index contributed by atoms with van der Waals surface area (Å²) < 4.78 is 54.8. The lowest BCUT2D eigenvalue weighted by atomic mass is 10.2. The van der Waals surface area contributed by atoms with Gasteiger partial charge in [-0.3, -0.25) is 0 Å². The summed E-state index contributed by atoms with van der Waals surface area (Å²) in [5.41, 5.74) is 5.43. The fourth-order valence-corrected chi connectivity index (χ4v) is 1.53. The van der Waals surface area contributed by atoms with Crippen LogP contribution >= 0.6 is 0 Å². The molecule has 8 heteroatoms. The van der Waals surface area contributed by atoms with Crippen molar-refractivity contribution in [1.82, 2.24) is 9.55 Å². The summed E-state index contributed by atoms with van der Waals surface area (Å²) in [5, 5.41) is 0. The highest BCUT2D eigenvalue weighted by Crippen LogP contribution is 2.25. The number of benzene rings is 1. The Morgan fingerprint density at radius 2 is 2.05 bits per heavy atom. The van der Waals surface area contributed by atoms with Gasteiger partial charge in [-0.2, -0.15) is 0 Å². The summed E-state index contributed by atoms with van der Waals surface area (Å²) in [6, 6.07) is 2.81. The topological polar surface area (TPSA) is 53.1 Å². The Kier molecular flexibility index (Phi) is 3.32. The van der Waals surface area contributed by atoms with Gasteiger partial charge in [-0.05, 0) is 18.2 Å². The molecule has 0 unspecified atom stereocenters. The first-order valence-electron chi connectivity index (χ1n) is 5.15. The number of anilines is 1. The molecule has 2 aromatic rings. The second kappa shape index (κ2) is 4.79. The Hall–Kier alpha value is -2.25. The Balaban J connectivity index is 2.22. The molecule has 4 nitrogen and oxygen atoms in total. The molecule has 102 valence electrons.